The van der Waals surface area contributed by atoms with Crippen LogP contribution in [0, 0.1) is 47.1 Å². The Morgan fingerprint density at radius 3 is 2.17 bits per heavy atom. The number of rotatable bonds is 6. The van der Waals surface area contributed by atoms with Gasteiger partial charge in [-0.2, -0.15) is 4.39 Å². The van der Waals surface area contributed by atoms with Gasteiger partial charge >= 0.3 is 0 Å². The average Bonchev–Trinajstić information content (AvgIpc) is 2.77. The molecule has 0 bridgehead atoms. The van der Waals surface area contributed by atoms with E-state index in [9.17, 15) is 8.78 Å². The van der Waals surface area contributed by atoms with E-state index in [1.165, 1.54) is 51.0 Å². The predicted octanol–water partition coefficient (Wildman–Crippen LogP) is 7.52. The van der Waals surface area contributed by atoms with Crippen molar-refractivity contribution >= 4 is 0 Å². The van der Waals surface area contributed by atoms with Crippen LogP contribution in [0.15, 0.2) is 12.1 Å². The van der Waals surface area contributed by atoms with Crippen LogP contribution in [0.3, 0.4) is 0 Å². The first kappa shape index (κ1) is 22.1. The quantitative estimate of drug-likeness (QED) is 0.353. The predicted molar refractivity (Wildman–Crippen MR) is 115 cm³/mol. The molecule has 3 rings (SSSR count). The minimum absolute atomic E-state index is 0.0141. The summed E-state index contributed by atoms with van der Waals surface area (Å²) < 4.78 is 33.9. The molecule has 0 radical (unpaired) electrons. The van der Waals surface area contributed by atoms with E-state index in [4.69, 9.17) is 4.74 Å². The second-order valence-electron chi connectivity index (χ2n) is 9.01. The highest BCUT2D eigenvalue weighted by atomic mass is 19.2. The third-order valence-electron chi connectivity index (χ3n) is 7.12. The van der Waals surface area contributed by atoms with Gasteiger partial charge in [-0.25, -0.2) is 4.39 Å². The zero-order valence-corrected chi connectivity index (χ0v) is 18.1. The van der Waals surface area contributed by atoms with Gasteiger partial charge in [-0.1, -0.05) is 51.4 Å². The number of ether oxygens (including phenoxy) is 1. The molecule has 1 nitrogen and oxygen atoms in total. The van der Waals surface area contributed by atoms with E-state index in [-0.39, 0.29) is 11.3 Å². The Morgan fingerprint density at radius 2 is 1.55 bits per heavy atom. The van der Waals surface area contributed by atoms with Crippen LogP contribution in [-0.2, 0) is 0 Å². The van der Waals surface area contributed by atoms with Crippen LogP contribution in [0.1, 0.15) is 90.0 Å². The molecular weight excluding hydrogens is 366 g/mol. The lowest BCUT2D eigenvalue weighted by Gasteiger charge is -2.36. The molecule has 0 spiro atoms. The third-order valence-corrected chi connectivity index (χ3v) is 7.12. The van der Waals surface area contributed by atoms with Crippen molar-refractivity contribution in [2.24, 2.45) is 23.7 Å². The molecule has 0 amide bonds. The van der Waals surface area contributed by atoms with Crippen molar-refractivity contribution in [1.82, 2.24) is 0 Å². The number of benzene rings is 1. The molecule has 29 heavy (non-hydrogen) atoms. The molecule has 160 valence electrons. The molecule has 1 aromatic carbocycles. The second kappa shape index (κ2) is 11.0. The molecule has 2 fully saturated rings. The van der Waals surface area contributed by atoms with Gasteiger partial charge in [0.2, 0.25) is 5.82 Å². The summed E-state index contributed by atoms with van der Waals surface area (Å²) >= 11 is 0. The zero-order valence-electron chi connectivity index (χ0n) is 18.1. The number of hydrogen-bond donors (Lipinski definition) is 0. The summed E-state index contributed by atoms with van der Waals surface area (Å²) in [6.45, 7) is 4.75. The number of halogens is 2. The lowest BCUT2D eigenvalue weighted by molar-refractivity contribution is 0.156. The van der Waals surface area contributed by atoms with Gasteiger partial charge in [0.1, 0.15) is 0 Å². The third kappa shape index (κ3) is 5.97. The van der Waals surface area contributed by atoms with Crippen molar-refractivity contribution in [2.45, 2.75) is 84.5 Å². The topological polar surface area (TPSA) is 9.23 Å². The Labute approximate surface area is 175 Å². The maximum absolute atomic E-state index is 14.3. The van der Waals surface area contributed by atoms with E-state index in [1.54, 1.807) is 6.07 Å². The van der Waals surface area contributed by atoms with Gasteiger partial charge in [0.25, 0.3) is 0 Å². The van der Waals surface area contributed by atoms with Crippen LogP contribution >= 0.6 is 0 Å². The average molecular weight is 403 g/mol. The summed E-state index contributed by atoms with van der Waals surface area (Å²) in [6, 6.07) is 3.05. The van der Waals surface area contributed by atoms with E-state index in [0.717, 1.165) is 43.4 Å². The summed E-state index contributed by atoms with van der Waals surface area (Å²) in [6.07, 6.45) is 13.4. The van der Waals surface area contributed by atoms with Crippen molar-refractivity contribution in [1.29, 1.82) is 0 Å². The van der Waals surface area contributed by atoms with Gasteiger partial charge in [-0.15, -0.1) is 0 Å². The fourth-order valence-corrected chi connectivity index (χ4v) is 5.05. The van der Waals surface area contributed by atoms with Crippen LogP contribution in [-0.4, -0.2) is 6.61 Å². The monoisotopic (exact) mass is 402 g/mol. The Kier molecular flexibility index (Phi) is 8.40. The molecule has 0 saturated heterocycles. The highest BCUT2D eigenvalue weighted by molar-refractivity contribution is 5.41. The van der Waals surface area contributed by atoms with Crippen molar-refractivity contribution < 1.29 is 13.5 Å². The van der Waals surface area contributed by atoms with E-state index in [2.05, 4.69) is 18.8 Å². The largest absolute Gasteiger partial charge is 0.490 e. The van der Waals surface area contributed by atoms with Crippen molar-refractivity contribution in [2.75, 3.05) is 6.61 Å². The molecule has 2 aliphatic carbocycles. The maximum Gasteiger partial charge on any atom is 0.201 e. The van der Waals surface area contributed by atoms with Crippen molar-refractivity contribution in [3.8, 4) is 17.6 Å². The number of unbranched alkanes of at least 4 members (excludes halogenated alkanes) is 1. The first-order valence-electron chi connectivity index (χ1n) is 11.7. The van der Waals surface area contributed by atoms with E-state index in [0.29, 0.717) is 12.5 Å². The highest BCUT2D eigenvalue weighted by Gasteiger charge is 2.30. The molecule has 0 aromatic heterocycles. The lowest BCUT2D eigenvalue weighted by atomic mass is 9.69. The fraction of sp³-hybridized carbons (Fsp3) is 0.692. The normalized spacial score (nSPS) is 27.2. The molecular formula is C26H36F2O. The Morgan fingerprint density at radius 1 is 0.897 bits per heavy atom. The van der Waals surface area contributed by atoms with Crippen LogP contribution in [0.4, 0.5) is 8.78 Å². The first-order valence-corrected chi connectivity index (χ1v) is 11.7. The van der Waals surface area contributed by atoms with Gasteiger partial charge in [0.15, 0.2) is 11.6 Å². The van der Waals surface area contributed by atoms with Gasteiger partial charge in [0.05, 0.1) is 12.2 Å². The summed E-state index contributed by atoms with van der Waals surface area (Å²) in [5.41, 5.74) is 0.144. The Bertz CT molecular complexity index is 701. The van der Waals surface area contributed by atoms with Gasteiger partial charge in [0, 0.05) is 5.92 Å². The Hall–Kier alpha value is -1.56. The lowest BCUT2D eigenvalue weighted by Crippen LogP contribution is -2.25. The zero-order chi connectivity index (χ0) is 20.6. The van der Waals surface area contributed by atoms with Gasteiger partial charge in [-0.05, 0) is 74.8 Å². The van der Waals surface area contributed by atoms with Crippen molar-refractivity contribution in [3.05, 3.63) is 29.3 Å². The van der Waals surface area contributed by atoms with Crippen molar-refractivity contribution in [3.63, 3.8) is 0 Å². The van der Waals surface area contributed by atoms with Crippen LogP contribution < -0.4 is 4.74 Å². The number of hydrogen-bond acceptors (Lipinski definition) is 1. The van der Waals surface area contributed by atoms with E-state index >= 15 is 0 Å². The fourth-order valence-electron chi connectivity index (χ4n) is 5.05. The summed E-state index contributed by atoms with van der Waals surface area (Å²) in [5, 5.41) is 0. The van der Waals surface area contributed by atoms with E-state index < -0.39 is 11.6 Å². The van der Waals surface area contributed by atoms with Crippen LogP contribution in [0.2, 0.25) is 0 Å². The smallest absolute Gasteiger partial charge is 0.201 e. The summed E-state index contributed by atoms with van der Waals surface area (Å²) in [7, 11) is 0. The summed E-state index contributed by atoms with van der Waals surface area (Å²) in [4.78, 5) is 0. The molecule has 2 aliphatic rings. The SMILES string of the molecule is CCCCOc1ccc(C#CC2CCC(C3CCC(CC)CC3)CC2)c(F)c1F. The molecule has 2 saturated carbocycles. The maximum atomic E-state index is 14.3. The highest BCUT2D eigenvalue weighted by Crippen LogP contribution is 2.41. The van der Waals surface area contributed by atoms with Gasteiger partial charge < -0.3 is 4.74 Å². The Balaban J connectivity index is 1.52. The first-order chi connectivity index (χ1) is 14.1. The molecule has 1 aromatic rings. The standard InChI is InChI=1S/C26H36F2O/c1-3-5-18-29-24-17-16-23(25(27)26(24)28)15-10-20-8-13-22(14-9-20)21-11-6-19(4-2)7-12-21/h16-17,19-22H,3-9,11-14,18H2,1-2H3. The molecule has 3 heteroatoms. The molecule has 0 atom stereocenters. The minimum atomic E-state index is -0.917. The second-order valence-corrected chi connectivity index (χ2v) is 9.01. The molecule has 0 aliphatic heterocycles. The van der Waals surface area contributed by atoms with Crippen LogP contribution in [0.25, 0.3) is 0 Å². The molecule has 0 N–H and O–H groups in total. The van der Waals surface area contributed by atoms with Crippen LogP contribution in [0.5, 0.6) is 5.75 Å². The van der Waals surface area contributed by atoms with Gasteiger partial charge in [-0.3, -0.25) is 0 Å². The molecule has 0 unspecified atom stereocenters. The molecule has 0 heterocycles. The summed E-state index contributed by atoms with van der Waals surface area (Å²) in [5.74, 6) is 7.32. The van der Waals surface area contributed by atoms with E-state index in [1.807, 2.05) is 6.92 Å². The minimum Gasteiger partial charge on any atom is -0.490 e.